The molecular formula is C12H20N2O2S2. The van der Waals surface area contributed by atoms with E-state index in [1.54, 1.807) is 12.4 Å². The van der Waals surface area contributed by atoms with Gasteiger partial charge in [-0.05, 0) is 24.8 Å². The van der Waals surface area contributed by atoms with Crippen molar-refractivity contribution in [2.75, 3.05) is 19.3 Å². The van der Waals surface area contributed by atoms with Gasteiger partial charge in [0.05, 0.1) is 0 Å². The molecule has 6 heteroatoms. The average Bonchev–Trinajstić information content (AvgIpc) is 2.78. The maximum absolute atomic E-state index is 12.3. The molecule has 1 aliphatic carbocycles. The number of nitrogen functional groups attached to an aromatic ring is 1. The second kappa shape index (κ2) is 5.59. The summed E-state index contributed by atoms with van der Waals surface area (Å²) in [6.07, 6.45) is 6.03. The van der Waals surface area contributed by atoms with E-state index in [1.165, 1.54) is 41.0 Å². The summed E-state index contributed by atoms with van der Waals surface area (Å²) in [5, 5.41) is 1.67. The molecule has 0 radical (unpaired) electrons. The van der Waals surface area contributed by atoms with Gasteiger partial charge in [0, 0.05) is 24.7 Å². The Bertz CT molecular complexity index is 490. The van der Waals surface area contributed by atoms with Crippen molar-refractivity contribution >= 4 is 27.0 Å². The normalized spacial score (nSPS) is 18.3. The zero-order chi connectivity index (χ0) is 13.2. The summed E-state index contributed by atoms with van der Waals surface area (Å²) >= 11 is 1.19. The minimum atomic E-state index is -3.35. The van der Waals surface area contributed by atoms with Crippen LogP contribution in [0.15, 0.2) is 15.7 Å². The van der Waals surface area contributed by atoms with Gasteiger partial charge in [0.15, 0.2) is 0 Å². The number of thiophene rings is 1. The second-order valence-electron chi connectivity index (χ2n) is 4.99. The average molecular weight is 288 g/mol. The summed E-state index contributed by atoms with van der Waals surface area (Å²) in [5.41, 5.74) is 6.11. The highest BCUT2D eigenvalue weighted by Gasteiger charge is 2.25. The molecule has 1 fully saturated rings. The molecule has 0 spiro atoms. The molecule has 102 valence electrons. The van der Waals surface area contributed by atoms with E-state index in [1.807, 2.05) is 0 Å². The van der Waals surface area contributed by atoms with Gasteiger partial charge in [-0.15, -0.1) is 11.3 Å². The van der Waals surface area contributed by atoms with Gasteiger partial charge in [-0.3, -0.25) is 0 Å². The van der Waals surface area contributed by atoms with Gasteiger partial charge in [0.2, 0.25) is 0 Å². The molecule has 0 aromatic carbocycles. The standard InChI is InChI=1S/C12H20N2O2S2/c1-14(8-10-5-3-2-4-6-10)18(15,16)12-7-11(13)9-17-12/h7,9-10H,2-6,8,13H2,1H3. The number of hydrogen-bond donors (Lipinski definition) is 1. The largest absolute Gasteiger partial charge is 0.398 e. The molecule has 18 heavy (non-hydrogen) atoms. The van der Waals surface area contributed by atoms with Crippen LogP contribution in [0.3, 0.4) is 0 Å². The van der Waals surface area contributed by atoms with Gasteiger partial charge < -0.3 is 5.73 Å². The highest BCUT2D eigenvalue weighted by Crippen LogP contribution is 2.28. The van der Waals surface area contributed by atoms with Crippen molar-refractivity contribution in [2.45, 2.75) is 36.3 Å². The lowest BCUT2D eigenvalue weighted by molar-refractivity contribution is 0.300. The molecule has 4 nitrogen and oxygen atoms in total. The first kappa shape index (κ1) is 13.8. The van der Waals surface area contributed by atoms with Crippen LogP contribution in [0.25, 0.3) is 0 Å². The Balaban J connectivity index is 2.05. The van der Waals surface area contributed by atoms with E-state index in [2.05, 4.69) is 0 Å². The Morgan fingerprint density at radius 2 is 2.06 bits per heavy atom. The first-order chi connectivity index (χ1) is 8.50. The highest BCUT2D eigenvalue weighted by molar-refractivity contribution is 7.91. The molecule has 1 heterocycles. The van der Waals surface area contributed by atoms with Crippen molar-refractivity contribution in [3.05, 3.63) is 11.4 Å². The van der Waals surface area contributed by atoms with Gasteiger partial charge >= 0.3 is 0 Å². The number of nitrogens with zero attached hydrogens (tertiary/aromatic N) is 1. The molecule has 2 rings (SSSR count). The minimum Gasteiger partial charge on any atom is -0.398 e. The summed E-state index contributed by atoms with van der Waals surface area (Å²) in [7, 11) is -1.68. The van der Waals surface area contributed by atoms with Crippen LogP contribution in [0.1, 0.15) is 32.1 Å². The molecule has 2 N–H and O–H groups in total. The number of hydrogen-bond acceptors (Lipinski definition) is 4. The molecule has 0 unspecified atom stereocenters. The Labute approximate surface area is 113 Å². The van der Waals surface area contributed by atoms with Crippen LogP contribution in [-0.2, 0) is 10.0 Å². The monoisotopic (exact) mass is 288 g/mol. The van der Waals surface area contributed by atoms with Gasteiger partial charge in [-0.25, -0.2) is 8.42 Å². The Hall–Kier alpha value is -0.590. The third-order valence-corrected chi connectivity index (χ3v) is 6.76. The number of sulfonamides is 1. The topological polar surface area (TPSA) is 63.4 Å². The molecule has 1 aliphatic rings. The minimum absolute atomic E-state index is 0.346. The van der Waals surface area contributed by atoms with E-state index in [9.17, 15) is 8.42 Å². The van der Waals surface area contributed by atoms with Crippen LogP contribution in [-0.4, -0.2) is 26.3 Å². The summed E-state index contributed by atoms with van der Waals surface area (Å²) in [5.74, 6) is 0.510. The highest BCUT2D eigenvalue weighted by atomic mass is 32.2. The lowest BCUT2D eigenvalue weighted by atomic mass is 9.89. The maximum atomic E-state index is 12.3. The van der Waals surface area contributed by atoms with E-state index in [0.29, 0.717) is 22.4 Å². The molecule has 0 aliphatic heterocycles. The fourth-order valence-corrected chi connectivity index (χ4v) is 4.99. The fourth-order valence-electron chi connectivity index (χ4n) is 2.45. The smallest absolute Gasteiger partial charge is 0.252 e. The number of nitrogens with two attached hydrogens (primary N) is 1. The first-order valence-electron chi connectivity index (χ1n) is 6.30. The van der Waals surface area contributed by atoms with Crippen molar-refractivity contribution in [1.29, 1.82) is 0 Å². The predicted molar refractivity (Wildman–Crippen MR) is 75.1 cm³/mol. The summed E-state index contributed by atoms with van der Waals surface area (Å²) in [6.45, 7) is 0.625. The Morgan fingerprint density at radius 1 is 1.39 bits per heavy atom. The van der Waals surface area contributed by atoms with E-state index in [-0.39, 0.29) is 0 Å². The van der Waals surface area contributed by atoms with Crippen molar-refractivity contribution in [2.24, 2.45) is 5.92 Å². The quantitative estimate of drug-likeness (QED) is 0.926. The number of anilines is 1. The molecule has 0 bridgehead atoms. The van der Waals surface area contributed by atoms with E-state index in [4.69, 9.17) is 5.73 Å². The zero-order valence-electron chi connectivity index (χ0n) is 10.6. The number of rotatable bonds is 4. The molecular weight excluding hydrogens is 268 g/mol. The zero-order valence-corrected chi connectivity index (χ0v) is 12.3. The van der Waals surface area contributed by atoms with E-state index < -0.39 is 10.0 Å². The summed E-state index contributed by atoms with van der Waals surface area (Å²) in [4.78, 5) is 0. The van der Waals surface area contributed by atoms with Crippen LogP contribution >= 0.6 is 11.3 Å². The van der Waals surface area contributed by atoms with Crippen LogP contribution in [0.4, 0.5) is 5.69 Å². The summed E-state index contributed by atoms with van der Waals surface area (Å²) < 4.78 is 26.4. The third kappa shape index (κ3) is 3.05. The Morgan fingerprint density at radius 3 is 2.61 bits per heavy atom. The van der Waals surface area contributed by atoms with Crippen molar-refractivity contribution < 1.29 is 8.42 Å². The molecule has 0 saturated heterocycles. The molecule has 1 aromatic heterocycles. The molecule has 1 saturated carbocycles. The Kier molecular flexibility index (Phi) is 4.29. The van der Waals surface area contributed by atoms with Crippen LogP contribution in [0.5, 0.6) is 0 Å². The van der Waals surface area contributed by atoms with Crippen LogP contribution < -0.4 is 5.73 Å². The van der Waals surface area contributed by atoms with E-state index >= 15 is 0 Å². The van der Waals surface area contributed by atoms with Gasteiger partial charge in [0.1, 0.15) is 4.21 Å². The van der Waals surface area contributed by atoms with Gasteiger partial charge in [-0.1, -0.05) is 19.3 Å². The predicted octanol–water partition coefficient (Wildman–Crippen LogP) is 2.53. The lowest BCUT2D eigenvalue weighted by Gasteiger charge is -2.26. The van der Waals surface area contributed by atoms with Crippen molar-refractivity contribution in [3.63, 3.8) is 0 Å². The SMILES string of the molecule is CN(CC1CCCCC1)S(=O)(=O)c1cc(N)cs1. The van der Waals surface area contributed by atoms with Crippen molar-refractivity contribution in [1.82, 2.24) is 4.31 Å². The molecule has 1 aromatic rings. The second-order valence-corrected chi connectivity index (χ2v) is 8.17. The maximum Gasteiger partial charge on any atom is 0.252 e. The van der Waals surface area contributed by atoms with Crippen LogP contribution in [0, 0.1) is 5.92 Å². The third-order valence-electron chi connectivity index (χ3n) is 3.50. The molecule has 0 atom stereocenters. The first-order valence-corrected chi connectivity index (χ1v) is 8.62. The fraction of sp³-hybridized carbons (Fsp3) is 0.667. The lowest BCUT2D eigenvalue weighted by Crippen LogP contribution is -2.32. The van der Waals surface area contributed by atoms with Crippen LogP contribution in [0.2, 0.25) is 0 Å². The van der Waals surface area contributed by atoms with Gasteiger partial charge in [0.25, 0.3) is 10.0 Å². The van der Waals surface area contributed by atoms with Gasteiger partial charge in [-0.2, -0.15) is 4.31 Å². The van der Waals surface area contributed by atoms with Crippen molar-refractivity contribution in [3.8, 4) is 0 Å². The van der Waals surface area contributed by atoms with E-state index in [0.717, 1.165) is 12.8 Å². The molecule has 0 amide bonds. The summed E-state index contributed by atoms with van der Waals surface area (Å²) in [6, 6.07) is 1.54.